The predicted octanol–water partition coefficient (Wildman–Crippen LogP) is 2.72. The summed E-state index contributed by atoms with van der Waals surface area (Å²) in [5, 5.41) is 3.35. The number of rotatable bonds is 8. The summed E-state index contributed by atoms with van der Waals surface area (Å²) in [4.78, 5) is 0. The molecule has 1 rings (SSSR count). The molecule has 0 heterocycles. The molecule has 2 nitrogen and oxygen atoms in total. The Balaban J connectivity index is 2.01. The molecule has 0 amide bonds. The van der Waals surface area contributed by atoms with Crippen molar-refractivity contribution >= 4 is 6.08 Å². The Labute approximate surface area is 98.3 Å². The van der Waals surface area contributed by atoms with Crippen LogP contribution in [0.2, 0.25) is 0 Å². The lowest BCUT2D eigenvalue weighted by molar-refractivity contribution is 0.145. The fourth-order valence-corrected chi connectivity index (χ4v) is 1.39. The fourth-order valence-electron chi connectivity index (χ4n) is 1.39. The molecule has 88 valence electrons. The van der Waals surface area contributed by atoms with Crippen LogP contribution in [0.5, 0.6) is 0 Å². The van der Waals surface area contributed by atoms with Crippen molar-refractivity contribution in [2.75, 3.05) is 26.3 Å². The van der Waals surface area contributed by atoms with Crippen molar-refractivity contribution in [2.45, 2.75) is 13.3 Å². The molecule has 1 aromatic rings. The van der Waals surface area contributed by atoms with E-state index in [4.69, 9.17) is 4.74 Å². The van der Waals surface area contributed by atoms with E-state index >= 15 is 0 Å². The SMILES string of the molecule is CCOCCCNC/C=C\c1ccccc1. The van der Waals surface area contributed by atoms with Crippen molar-refractivity contribution in [3.8, 4) is 0 Å². The third-order valence-corrected chi connectivity index (χ3v) is 2.22. The molecule has 16 heavy (non-hydrogen) atoms. The van der Waals surface area contributed by atoms with E-state index in [2.05, 4.69) is 41.7 Å². The smallest absolute Gasteiger partial charge is 0.0477 e. The van der Waals surface area contributed by atoms with E-state index in [9.17, 15) is 0 Å². The normalized spacial score (nSPS) is 11.1. The van der Waals surface area contributed by atoms with Crippen LogP contribution >= 0.6 is 0 Å². The van der Waals surface area contributed by atoms with Gasteiger partial charge in [-0.3, -0.25) is 0 Å². The van der Waals surface area contributed by atoms with Crippen LogP contribution in [-0.2, 0) is 4.74 Å². The van der Waals surface area contributed by atoms with Crippen LogP contribution in [0.4, 0.5) is 0 Å². The van der Waals surface area contributed by atoms with E-state index in [0.29, 0.717) is 0 Å². The Morgan fingerprint density at radius 2 is 2.06 bits per heavy atom. The van der Waals surface area contributed by atoms with Crippen molar-refractivity contribution < 1.29 is 4.74 Å². The van der Waals surface area contributed by atoms with Crippen molar-refractivity contribution in [1.82, 2.24) is 5.32 Å². The summed E-state index contributed by atoms with van der Waals surface area (Å²) in [6.07, 6.45) is 5.36. The van der Waals surface area contributed by atoms with Gasteiger partial charge in [0.05, 0.1) is 0 Å². The number of hydrogen-bond acceptors (Lipinski definition) is 2. The van der Waals surface area contributed by atoms with Gasteiger partial charge in [0.15, 0.2) is 0 Å². The topological polar surface area (TPSA) is 21.3 Å². The minimum absolute atomic E-state index is 0.813. The number of benzene rings is 1. The maximum absolute atomic E-state index is 5.25. The van der Waals surface area contributed by atoms with Crippen molar-refractivity contribution in [1.29, 1.82) is 0 Å². The number of hydrogen-bond donors (Lipinski definition) is 1. The minimum Gasteiger partial charge on any atom is -0.382 e. The molecule has 0 bridgehead atoms. The molecule has 0 aromatic heterocycles. The highest BCUT2D eigenvalue weighted by molar-refractivity contribution is 5.48. The average molecular weight is 219 g/mol. The lowest BCUT2D eigenvalue weighted by Crippen LogP contribution is -2.16. The monoisotopic (exact) mass is 219 g/mol. The van der Waals surface area contributed by atoms with E-state index in [0.717, 1.165) is 32.7 Å². The Bertz CT molecular complexity index is 282. The average Bonchev–Trinajstić information content (AvgIpc) is 2.34. The van der Waals surface area contributed by atoms with Crippen LogP contribution < -0.4 is 5.32 Å². The zero-order valence-electron chi connectivity index (χ0n) is 9.99. The van der Waals surface area contributed by atoms with Gasteiger partial charge in [-0.05, 0) is 25.5 Å². The van der Waals surface area contributed by atoms with Crippen LogP contribution in [0.15, 0.2) is 36.4 Å². The fraction of sp³-hybridized carbons (Fsp3) is 0.429. The van der Waals surface area contributed by atoms with Gasteiger partial charge in [-0.1, -0.05) is 42.5 Å². The van der Waals surface area contributed by atoms with Gasteiger partial charge in [-0.2, -0.15) is 0 Å². The summed E-state index contributed by atoms with van der Waals surface area (Å²) < 4.78 is 5.25. The lowest BCUT2D eigenvalue weighted by atomic mass is 10.2. The molecule has 0 atom stereocenters. The molecule has 0 saturated carbocycles. The lowest BCUT2D eigenvalue weighted by Gasteiger charge is -2.01. The highest BCUT2D eigenvalue weighted by atomic mass is 16.5. The molecule has 1 N–H and O–H groups in total. The van der Waals surface area contributed by atoms with Crippen molar-refractivity contribution in [3.05, 3.63) is 42.0 Å². The van der Waals surface area contributed by atoms with Gasteiger partial charge in [0.2, 0.25) is 0 Å². The molecule has 0 spiro atoms. The molecule has 0 aliphatic rings. The summed E-state index contributed by atoms with van der Waals surface area (Å²) in [5.74, 6) is 0. The first-order valence-electron chi connectivity index (χ1n) is 5.93. The molecular formula is C14H21NO. The molecule has 2 heteroatoms. The Hall–Kier alpha value is -1.12. The van der Waals surface area contributed by atoms with Crippen LogP contribution in [0.25, 0.3) is 6.08 Å². The Morgan fingerprint density at radius 3 is 2.81 bits per heavy atom. The maximum atomic E-state index is 5.25. The Kier molecular flexibility index (Phi) is 7.39. The van der Waals surface area contributed by atoms with Crippen molar-refractivity contribution in [3.63, 3.8) is 0 Å². The first-order chi connectivity index (χ1) is 7.93. The highest BCUT2D eigenvalue weighted by Gasteiger charge is 1.86. The standard InChI is InChI=1S/C14H21NO/c1-2-16-13-7-12-15-11-6-10-14-8-4-3-5-9-14/h3-6,8-10,15H,2,7,11-13H2,1H3/b10-6-. The second-order valence-corrected chi connectivity index (χ2v) is 3.57. The molecule has 0 aliphatic heterocycles. The molecule has 0 saturated heterocycles. The number of ether oxygens (including phenoxy) is 1. The second kappa shape index (κ2) is 9.13. The van der Waals surface area contributed by atoms with E-state index in [-0.39, 0.29) is 0 Å². The van der Waals surface area contributed by atoms with Crippen molar-refractivity contribution in [2.24, 2.45) is 0 Å². The molecular weight excluding hydrogens is 198 g/mol. The maximum Gasteiger partial charge on any atom is 0.0477 e. The van der Waals surface area contributed by atoms with Gasteiger partial charge in [0.25, 0.3) is 0 Å². The summed E-state index contributed by atoms with van der Waals surface area (Å²) in [6.45, 7) is 5.62. The first-order valence-corrected chi connectivity index (χ1v) is 5.93. The summed E-state index contributed by atoms with van der Waals surface area (Å²) >= 11 is 0. The van der Waals surface area contributed by atoms with E-state index in [1.165, 1.54) is 5.56 Å². The molecule has 0 fully saturated rings. The van der Waals surface area contributed by atoms with Gasteiger partial charge in [-0.25, -0.2) is 0 Å². The van der Waals surface area contributed by atoms with Crippen LogP contribution in [0, 0.1) is 0 Å². The van der Waals surface area contributed by atoms with Gasteiger partial charge < -0.3 is 10.1 Å². The highest BCUT2D eigenvalue weighted by Crippen LogP contribution is 1.99. The number of nitrogens with one attached hydrogen (secondary N) is 1. The van der Waals surface area contributed by atoms with Crippen LogP contribution in [0.1, 0.15) is 18.9 Å². The molecule has 0 unspecified atom stereocenters. The van der Waals surface area contributed by atoms with Gasteiger partial charge in [-0.15, -0.1) is 0 Å². The van der Waals surface area contributed by atoms with Crippen LogP contribution in [-0.4, -0.2) is 26.3 Å². The molecule has 1 aromatic carbocycles. The quantitative estimate of drug-likeness (QED) is 0.679. The predicted molar refractivity (Wildman–Crippen MR) is 69.5 cm³/mol. The largest absolute Gasteiger partial charge is 0.382 e. The molecule has 0 radical (unpaired) electrons. The first kappa shape index (κ1) is 12.9. The third-order valence-electron chi connectivity index (χ3n) is 2.22. The van der Waals surface area contributed by atoms with E-state index in [1.54, 1.807) is 0 Å². The summed E-state index contributed by atoms with van der Waals surface area (Å²) in [6, 6.07) is 10.3. The second-order valence-electron chi connectivity index (χ2n) is 3.57. The minimum atomic E-state index is 0.813. The summed E-state index contributed by atoms with van der Waals surface area (Å²) in [5.41, 5.74) is 1.25. The zero-order valence-corrected chi connectivity index (χ0v) is 9.99. The van der Waals surface area contributed by atoms with E-state index < -0.39 is 0 Å². The van der Waals surface area contributed by atoms with E-state index in [1.807, 2.05) is 13.0 Å². The van der Waals surface area contributed by atoms with Gasteiger partial charge >= 0.3 is 0 Å². The Morgan fingerprint density at radius 1 is 1.25 bits per heavy atom. The summed E-state index contributed by atoms with van der Waals surface area (Å²) in [7, 11) is 0. The van der Waals surface area contributed by atoms with Crippen LogP contribution in [0.3, 0.4) is 0 Å². The molecule has 0 aliphatic carbocycles. The van der Waals surface area contributed by atoms with Gasteiger partial charge in [0.1, 0.15) is 0 Å². The van der Waals surface area contributed by atoms with Gasteiger partial charge in [0, 0.05) is 19.8 Å². The third kappa shape index (κ3) is 6.38. The zero-order chi connectivity index (χ0) is 11.5.